The average molecular weight is 344 g/mol. The van der Waals surface area contributed by atoms with Crippen LogP contribution >= 0.6 is 11.3 Å². The Morgan fingerprint density at radius 1 is 1.12 bits per heavy atom. The van der Waals surface area contributed by atoms with Gasteiger partial charge in [-0.2, -0.15) is 0 Å². The molecule has 0 atom stereocenters. The maximum atomic E-state index is 6.15. The Hall–Kier alpha value is -1.11. The Kier molecular flexibility index (Phi) is 3.90. The van der Waals surface area contributed by atoms with Gasteiger partial charge in [0, 0.05) is 10.7 Å². The summed E-state index contributed by atoms with van der Waals surface area (Å²) in [5.41, 5.74) is 0.501. The molecule has 0 bridgehead atoms. The molecule has 1 aliphatic carbocycles. The van der Waals surface area contributed by atoms with Gasteiger partial charge in [-0.15, -0.1) is 11.3 Å². The van der Waals surface area contributed by atoms with Gasteiger partial charge in [0.25, 0.3) is 0 Å². The van der Waals surface area contributed by atoms with E-state index in [1.807, 2.05) is 6.20 Å². The van der Waals surface area contributed by atoms with Crippen LogP contribution in [0.15, 0.2) is 18.3 Å². The Balaban J connectivity index is 1.53. The second kappa shape index (κ2) is 5.72. The van der Waals surface area contributed by atoms with Gasteiger partial charge in [-0.05, 0) is 46.6 Å². The van der Waals surface area contributed by atoms with Crippen molar-refractivity contribution in [2.24, 2.45) is 0 Å². The SMILES string of the molecule is CC1(C)OB(c2ccc(-c3cnc(C4CCCC4)[nH]3)s2)OC1(C)C. The van der Waals surface area contributed by atoms with Gasteiger partial charge < -0.3 is 14.3 Å². The summed E-state index contributed by atoms with van der Waals surface area (Å²) < 4.78 is 13.4. The van der Waals surface area contributed by atoms with Crippen LogP contribution in [-0.4, -0.2) is 28.3 Å². The van der Waals surface area contributed by atoms with Crippen molar-refractivity contribution in [3.63, 3.8) is 0 Å². The molecule has 4 nitrogen and oxygen atoms in total. The van der Waals surface area contributed by atoms with E-state index in [4.69, 9.17) is 9.31 Å². The first kappa shape index (κ1) is 16.4. The molecule has 2 fully saturated rings. The van der Waals surface area contributed by atoms with Gasteiger partial charge in [0.15, 0.2) is 0 Å². The molecule has 0 spiro atoms. The smallest absolute Gasteiger partial charge is 0.399 e. The molecule has 1 aliphatic heterocycles. The van der Waals surface area contributed by atoms with E-state index >= 15 is 0 Å². The number of thiophene rings is 1. The standard InChI is InChI=1S/C18H25BN2O2S/c1-17(2)18(3,4)23-19(22-17)15-10-9-14(24-15)13-11-20-16(21-13)12-7-5-6-8-12/h9-12H,5-8H2,1-4H3,(H,20,21). The highest BCUT2D eigenvalue weighted by molar-refractivity contribution is 7.25. The first-order valence-electron chi connectivity index (χ1n) is 8.86. The lowest BCUT2D eigenvalue weighted by Gasteiger charge is -2.32. The molecule has 3 heterocycles. The lowest BCUT2D eigenvalue weighted by atomic mass is 9.88. The van der Waals surface area contributed by atoms with Crippen molar-refractivity contribution < 1.29 is 9.31 Å². The van der Waals surface area contributed by atoms with Crippen LogP contribution < -0.4 is 4.78 Å². The Morgan fingerprint density at radius 2 is 1.79 bits per heavy atom. The molecule has 1 saturated heterocycles. The van der Waals surface area contributed by atoms with E-state index in [-0.39, 0.29) is 18.3 Å². The molecule has 1 saturated carbocycles. The van der Waals surface area contributed by atoms with Gasteiger partial charge in [-0.1, -0.05) is 18.9 Å². The van der Waals surface area contributed by atoms with E-state index in [1.54, 1.807) is 11.3 Å². The Bertz CT molecular complexity index is 715. The summed E-state index contributed by atoms with van der Waals surface area (Å²) in [5.74, 6) is 1.76. The fourth-order valence-corrected chi connectivity index (χ4v) is 4.38. The summed E-state index contributed by atoms with van der Waals surface area (Å²) in [6.07, 6.45) is 7.14. The number of H-pyrrole nitrogens is 1. The van der Waals surface area contributed by atoms with Crippen molar-refractivity contribution >= 4 is 23.2 Å². The molecule has 24 heavy (non-hydrogen) atoms. The minimum absolute atomic E-state index is 0.286. The van der Waals surface area contributed by atoms with E-state index in [0.29, 0.717) is 5.92 Å². The van der Waals surface area contributed by atoms with Gasteiger partial charge in [-0.3, -0.25) is 0 Å². The lowest BCUT2D eigenvalue weighted by molar-refractivity contribution is 0.00578. The predicted octanol–water partition coefficient (Wildman–Crippen LogP) is 4.10. The normalized spacial score (nSPS) is 23.2. The van der Waals surface area contributed by atoms with E-state index in [0.717, 1.165) is 16.3 Å². The summed E-state index contributed by atoms with van der Waals surface area (Å²) in [4.78, 5) is 9.33. The molecule has 2 aromatic heterocycles. The lowest BCUT2D eigenvalue weighted by Crippen LogP contribution is -2.41. The van der Waals surface area contributed by atoms with Crippen LogP contribution in [0.3, 0.4) is 0 Å². The van der Waals surface area contributed by atoms with Gasteiger partial charge in [0.1, 0.15) is 5.82 Å². The van der Waals surface area contributed by atoms with E-state index in [2.05, 4.69) is 49.8 Å². The molecule has 1 N–H and O–H groups in total. The summed E-state index contributed by atoms with van der Waals surface area (Å²) in [6, 6.07) is 4.25. The number of hydrogen-bond donors (Lipinski definition) is 1. The number of rotatable bonds is 3. The van der Waals surface area contributed by atoms with Crippen molar-refractivity contribution in [3.05, 3.63) is 24.2 Å². The molecule has 0 radical (unpaired) electrons. The number of nitrogens with one attached hydrogen (secondary N) is 1. The van der Waals surface area contributed by atoms with Crippen molar-refractivity contribution in [2.75, 3.05) is 0 Å². The largest absolute Gasteiger partial charge is 0.505 e. The van der Waals surface area contributed by atoms with Gasteiger partial charge >= 0.3 is 7.12 Å². The van der Waals surface area contributed by atoms with Crippen LogP contribution in [0.25, 0.3) is 10.6 Å². The molecule has 128 valence electrons. The monoisotopic (exact) mass is 344 g/mol. The van der Waals surface area contributed by atoms with Crippen LogP contribution in [-0.2, 0) is 9.31 Å². The van der Waals surface area contributed by atoms with E-state index in [9.17, 15) is 0 Å². The molecule has 0 amide bonds. The Morgan fingerprint density at radius 3 is 2.46 bits per heavy atom. The van der Waals surface area contributed by atoms with Crippen LogP contribution in [0.2, 0.25) is 0 Å². The third-order valence-electron chi connectivity index (χ3n) is 5.72. The number of aromatic amines is 1. The zero-order chi connectivity index (χ0) is 16.9. The zero-order valence-corrected chi connectivity index (χ0v) is 15.7. The molecule has 6 heteroatoms. The van der Waals surface area contributed by atoms with Gasteiger partial charge in [-0.25, -0.2) is 4.98 Å². The average Bonchev–Trinajstić information content (AvgIpc) is 3.26. The number of hydrogen-bond acceptors (Lipinski definition) is 4. The second-order valence-corrected chi connectivity index (χ2v) is 9.07. The highest BCUT2D eigenvalue weighted by Crippen LogP contribution is 2.38. The van der Waals surface area contributed by atoms with Crippen molar-refractivity contribution in [2.45, 2.75) is 70.5 Å². The molecular weight excluding hydrogens is 319 g/mol. The predicted molar refractivity (Wildman–Crippen MR) is 98.8 cm³/mol. The highest BCUT2D eigenvalue weighted by atomic mass is 32.1. The molecule has 0 unspecified atom stereocenters. The Labute approximate surface area is 148 Å². The van der Waals surface area contributed by atoms with Gasteiger partial charge in [0.05, 0.1) is 28.0 Å². The topological polar surface area (TPSA) is 47.1 Å². The number of nitrogens with zero attached hydrogens (tertiary/aromatic N) is 1. The van der Waals surface area contributed by atoms with Crippen molar-refractivity contribution in [1.82, 2.24) is 9.97 Å². The zero-order valence-electron chi connectivity index (χ0n) is 14.9. The highest BCUT2D eigenvalue weighted by Gasteiger charge is 2.52. The first-order valence-corrected chi connectivity index (χ1v) is 9.68. The van der Waals surface area contributed by atoms with Crippen LogP contribution in [0.4, 0.5) is 0 Å². The van der Waals surface area contributed by atoms with Crippen molar-refractivity contribution in [3.8, 4) is 10.6 Å². The second-order valence-electron chi connectivity index (χ2n) is 7.95. The molecular formula is C18H25BN2O2S. The van der Waals surface area contributed by atoms with Crippen LogP contribution in [0.1, 0.15) is 65.1 Å². The summed E-state index contributed by atoms with van der Waals surface area (Å²) >= 11 is 1.72. The van der Waals surface area contributed by atoms with E-state index < -0.39 is 0 Å². The minimum atomic E-state index is -0.300. The fourth-order valence-electron chi connectivity index (χ4n) is 3.45. The van der Waals surface area contributed by atoms with Crippen LogP contribution in [0.5, 0.6) is 0 Å². The maximum absolute atomic E-state index is 6.15. The molecule has 2 aromatic rings. The third kappa shape index (κ3) is 2.74. The summed E-state index contributed by atoms with van der Waals surface area (Å²) in [6.45, 7) is 8.35. The van der Waals surface area contributed by atoms with Crippen molar-refractivity contribution in [1.29, 1.82) is 0 Å². The molecule has 0 aromatic carbocycles. The first-order chi connectivity index (χ1) is 11.4. The molecule has 2 aliphatic rings. The van der Waals surface area contributed by atoms with E-state index in [1.165, 1.54) is 30.6 Å². The maximum Gasteiger partial charge on any atom is 0.505 e. The number of aromatic nitrogens is 2. The fraction of sp³-hybridized carbons (Fsp3) is 0.611. The molecule has 4 rings (SSSR count). The number of imidazole rings is 1. The van der Waals surface area contributed by atoms with Gasteiger partial charge in [0.2, 0.25) is 0 Å². The third-order valence-corrected chi connectivity index (χ3v) is 6.86. The minimum Gasteiger partial charge on any atom is -0.399 e. The quantitative estimate of drug-likeness (QED) is 0.853. The summed E-state index contributed by atoms with van der Waals surface area (Å²) in [7, 11) is -0.286. The summed E-state index contributed by atoms with van der Waals surface area (Å²) in [5, 5.41) is 0. The van der Waals surface area contributed by atoms with Crippen LogP contribution in [0, 0.1) is 0 Å².